The van der Waals surface area contributed by atoms with E-state index >= 15 is 0 Å². The van der Waals surface area contributed by atoms with Gasteiger partial charge in [-0.15, -0.1) is 0 Å². The second kappa shape index (κ2) is 6.40. The third-order valence-corrected chi connectivity index (χ3v) is 2.37. The van der Waals surface area contributed by atoms with E-state index in [2.05, 4.69) is 0 Å². The largest absolute Gasteiger partial charge is 0.481 e. The Kier molecular flexibility index (Phi) is 5.92. The molecular weight excluding hydrogens is 184 g/mol. The van der Waals surface area contributed by atoms with E-state index in [1.165, 1.54) is 0 Å². The molecule has 2 atom stereocenters. The predicted octanol–water partition coefficient (Wildman–Crippen LogP) is 1.99. The maximum atomic E-state index is 10.8. The molecule has 0 aliphatic carbocycles. The van der Waals surface area contributed by atoms with Gasteiger partial charge >= 0.3 is 11.9 Å². The quantitative estimate of drug-likeness (QED) is 0.662. The zero-order valence-electron chi connectivity index (χ0n) is 8.69. The summed E-state index contributed by atoms with van der Waals surface area (Å²) in [7, 11) is 0. The Bertz CT molecular complexity index is 200. The van der Waals surface area contributed by atoms with Crippen LogP contribution >= 0.6 is 0 Å². The molecule has 0 aliphatic heterocycles. The van der Waals surface area contributed by atoms with Crippen LogP contribution in [0.1, 0.15) is 39.5 Å². The molecule has 0 rings (SSSR count). The van der Waals surface area contributed by atoms with Gasteiger partial charge in [-0.25, -0.2) is 0 Å². The van der Waals surface area contributed by atoms with Crippen molar-refractivity contribution in [3.8, 4) is 0 Å². The van der Waals surface area contributed by atoms with Gasteiger partial charge < -0.3 is 10.2 Å². The molecule has 0 radical (unpaired) electrons. The molecule has 0 fully saturated rings. The Balaban J connectivity index is 4.18. The highest BCUT2D eigenvalue weighted by Gasteiger charge is 2.25. The lowest BCUT2D eigenvalue weighted by atomic mass is 9.87. The van der Waals surface area contributed by atoms with E-state index in [9.17, 15) is 9.59 Å². The zero-order chi connectivity index (χ0) is 11.1. The summed E-state index contributed by atoms with van der Waals surface area (Å²) in [6.45, 7) is 3.67. The van der Waals surface area contributed by atoms with Gasteiger partial charge in [0.05, 0.1) is 5.92 Å². The van der Waals surface area contributed by atoms with Gasteiger partial charge in [-0.1, -0.05) is 26.7 Å². The van der Waals surface area contributed by atoms with Crippen LogP contribution in [0.2, 0.25) is 0 Å². The van der Waals surface area contributed by atoms with Crippen LogP contribution in [0, 0.1) is 11.8 Å². The highest BCUT2D eigenvalue weighted by Crippen LogP contribution is 2.21. The van der Waals surface area contributed by atoms with E-state index in [1.807, 2.05) is 6.92 Å². The molecule has 4 nitrogen and oxygen atoms in total. The summed E-state index contributed by atoms with van der Waals surface area (Å²) < 4.78 is 0. The molecule has 0 amide bonds. The molecule has 2 unspecified atom stereocenters. The predicted molar refractivity (Wildman–Crippen MR) is 52.1 cm³/mol. The van der Waals surface area contributed by atoms with Gasteiger partial charge in [0.1, 0.15) is 0 Å². The second-order valence-corrected chi connectivity index (χ2v) is 3.66. The monoisotopic (exact) mass is 202 g/mol. The minimum absolute atomic E-state index is 0.0688. The molecule has 0 heterocycles. The summed E-state index contributed by atoms with van der Waals surface area (Å²) in [5.74, 6) is -2.63. The number of rotatable bonds is 7. The number of hydrogen-bond acceptors (Lipinski definition) is 2. The Morgan fingerprint density at radius 1 is 1.29 bits per heavy atom. The van der Waals surface area contributed by atoms with Crippen LogP contribution in [-0.4, -0.2) is 22.2 Å². The summed E-state index contributed by atoms with van der Waals surface area (Å²) in [5.41, 5.74) is 0. The normalized spacial score (nSPS) is 14.7. The van der Waals surface area contributed by atoms with Crippen molar-refractivity contribution in [2.45, 2.75) is 39.5 Å². The lowest BCUT2D eigenvalue weighted by molar-refractivity contribution is -0.145. The highest BCUT2D eigenvalue weighted by molar-refractivity contribution is 5.72. The van der Waals surface area contributed by atoms with E-state index in [-0.39, 0.29) is 12.3 Å². The summed E-state index contributed by atoms with van der Waals surface area (Å²) >= 11 is 0. The second-order valence-electron chi connectivity index (χ2n) is 3.66. The zero-order valence-corrected chi connectivity index (χ0v) is 8.69. The van der Waals surface area contributed by atoms with Crippen molar-refractivity contribution in [1.82, 2.24) is 0 Å². The third-order valence-electron chi connectivity index (χ3n) is 2.37. The van der Waals surface area contributed by atoms with Gasteiger partial charge in [0.25, 0.3) is 0 Å². The molecule has 0 spiro atoms. The van der Waals surface area contributed by atoms with Crippen LogP contribution in [0.3, 0.4) is 0 Å². The first kappa shape index (κ1) is 12.9. The first-order valence-electron chi connectivity index (χ1n) is 4.93. The molecular formula is C10H18O4. The molecule has 0 aromatic heterocycles. The van der Waals surface area contributed by atoms with Crippen LogP contribution in [0.5, 0.6) is 0 Å². The average molecular weight is 202 g/mol. The smallest absolute Gasteiger partial charge is 0.306 e. The van der Waals surface area contributed by atoms with Gasteiger partial charge in [0.2, 0.25) is 0 Å². The van der Waals surface area contributed by atoms with Gasteiger partial charge in [-0.05, 0) is 12.3 Å². The van der Waals surface area contributed by atoms with E-state index in [1.54, 1.807) is 6.92 Å². The van der Waals surface area contributed by atoms with Crippen LogP contribution in [0.4, 0.5) is 0 Å². The minimum Gasteiger partial charge on any atom is -0.481 e. The molecule has 0 saturated heterocycles. The lowest BCUT2D eigenvalue weighted by Gasteiger charge is -2.17. The Morgan fingerprint density at radius 3 is 2.21 bits per heavy atom. The molecule has 4 heteroatoms. The fraction of sp³-hybridized carbons (Fsp3) is 0.800. The summed E-state index contributed by atoms with van der Waals surface area (Å²) in [4.78, 5) is 21.3. The topological polar surface area (TPSA) is 74.6 Å². The number of carboxylic acids is 2. The highest BCUT2D eigenvalue weighted by atomic mass is 16.4. The molecule has 0 bridgehead atoms. The number of aliphatic carboxylic acids is 2. The number of unbranched alkanes of at least 4 members (excludes halogenated alkanes) is 1. The minimum atomic E-state index is -0.930. The van der Waals surface area contributed by atoms with Gasteiger partial charge in [-0.2, -0.15) is 0 Å². The fourth-order valence-electron chi connectivity index (χ4n) is 1.49. The molecule has 14 heavy (non-hydrogen) atoms. The fourth-order valence-corrected chi connectivity index (χ4v) is 1.49. The van der Waals surface area contributed by atoms with Crippen molar-refractivity contribution in [3.63, 3.8) is 0 Å². The number of hydrogen-bond donors (Lipinski definition) is 2. The SMILES string of the molecule is CCCCC(C(=O)O)C(C)CC(=O)O. The molecule has 0 saturated carbocycles. The van der Waals surface area contributed by atoms with E-state index in [0.717, 1.165) is 12.8 Å². The maximum absolute atomic E-state index is 10.8. The molecule has 0 aliphatic rings. The number of carbonyl (C=O) groups is 2. The standard InChI is InChI=1S/C10H18O4/c1-3-4-5-8(10(13)14)7(2)6-9(11)12/h7-8H,3-6H2,1-2H3,(H,11,12)(H,13,14). The van der Waals surface area contributed by atoms with E-state index in [4.69, 9.17) is 10.2 Å². The molecule has 82 valence electrons. The third kappa shape index (κ3) is 4.84. The van der Waals surface area contributed by atoms with Crippen LogP contribution in [-0.2, 0) is 9.59 Å². The first-order chi connectivity index (χ1) is 6.49. The lowest BCUT2D eigenvalue weighted by Crippen LogP contribution is -2.23. The summed E-state index contributed by atoms with van der Waals surface area (Å²) in [5, 5.41) is 17.4. The molecule has 0 aromatic rings. The van der Waals surface area contributed by atoms with Crippen molar-refractivity contribution in [1.29, 1.82) is 0 Å². The average Bonchev–Trinajstić information content (AvgIpc) is 2.02. The Hall–Kier alpha value is -1.06. The van der Waals surface area contributed by atoms with E-state index < -0.39 is 17.9 Å². The first-order valence-corrected chi connectivity index (χ1v) is 4.93. The van der Waals surface area contributed by atoms with Crippen LogP contribution in [0.25, 0.3) is 0 Å². The van der Waals surface area contributed by atoms with Crippen molar-refractivity contribution in [2.75, 3.05) is 0 Å². The van der Waals surface area contributed by atoms with Crippen molar-refractivity contribution in [3.05, 3.63) is 0 Å². The van der Waals surface area contributed by atoms with Crippen LogP contribution < -0.4 is 0 Å². The summed E-state index contributed by atoms with van der Waals surface area (Å²) in [6, 6.07) is 0. The van der Waals surface area contributed by atoms with E-state index in [0.29, 0.717) is 6.42 Å². The van der Waals surface area contributed by atoms with Crippen LogP contribution in [0.15, 0.2) is 0 Å². The van der Waals surface area contributed by atoms with Gasteiger partial charge in [0.15, 0.2) is 0 Å². The molecule has 2 N–H and O–H groups in total. The maximum Gasteiger partial charge on any atom is 0.306 e. The Labute approximate surface area is 83.9 Å². The summed E-state index contributed by atoms with van der Waals surface area (Å²) in [6.07, 6.45) is 2.27. The molecule has 0 aromatic carbocycles. The van der Waals surface area contributed by atoms with Crippen molar-refractivity contribution < 1.29 is 19.8 Å². The van der Waals surface area contributed by atoms with Crippen molar-refractivity contribution >= 4 is 11.9 Å². The van der Waals surface area contributed by atoms with Gasteiger partial charge in [0, 0.05) is 6.42 Å². The van der Waals surface area contributed by atoms with Gasteiger partial charge in [-0.3, -0.25) is 9.59 Å². The number of carboxylic acid groups (broad SMARTS) is 2. The Morgan fingerprint density at radius 2 is 1.86 bits per heavy atom. The van der Waals surface area contributed by atoms with Crippen molar-refractivity contribution in [2.24, 2.45) is 11.8 Å².